The minimum absolute atomic E-state index is 0.0295. The van der Waals surface area contributed by atoms with Crippen LogP contribution in [0.5, 0.6) is 0 Å². The summed E-state index contributed by atoms with van der Waals surface area (Å²) in [5.74, 6) is 0.582. The van der Waals surface area contributed by atoms with Crippen molar-refractivity contribution in [3.63, 3.8) is 0 Å². The number of ketones is 1. The predicted molar refractivity (Wildman–Crippen MR) is 99.7 cm³/mol. The van der Waals surface area contributed by atoms with Crippen molar-refractivity contribution in [2.45, 2.75) is 6.92 Å². The number of fused-ring (bicyclic) bond motifs is 1. The molecule has 0 N–H and O–H groups in total. The Balaban J connectivity index is 2.05. The van der Waals surface area contributed by atoms with Crippen LogP contribution < -0.4 is 15.4 Å². The number of nitrogens with zero attached hydrogens (tertiary/aromatic N) is 1. The number of hydrogen-bond acceptors (Lipinski definition) is 2. The van der Waals surface area contributed by atoms with Crippen LogP contribution in [0.3, 0.4) is 0 Å². The molecule has 0 saturated heterocycles. The molecule has 4 heteroatoms. The molecular formula is C21H18BNO2. The van der Waals surface area contributed by atoms with Crippen molar-refractivity contribution in [2.75, 3.05) is 0 Å². The van der Waals surface area contributed by atoms with E-state index in [4.69, 9.17) is 4.65 Å². The van der Waals surface area contributed by atoms with Crippen LogP contribution in [0, 0.1) is 0 Å². The molecule has 1 aliphatic rings. The van der Waals surface area contributed by atoms with E-state index >= 15 is 0 Å². The molecule has 122 valence electrons. The van der Waals surface area contributed by atoms with Crippen LogP contribution in [0.2, 0.25) is 0 Å². The smallest absolute Gasteiger partial charge is 0.513 e. The molecule has 1 aromatic heterocycles. The van der Waals surface area contributed by atoms with Gasteiger partial charge < -0.3 is 9.13 Å². The maximum atomic E-state index is 11.7. The zero-order valence-electron chi connectivity index (χ0n) is 14.0. The van der Waals surface area contributed by atoms with E-state index in [1.54, 1.807) is 13.0 Å². The lowest BCUT2D eigenvalue weighted by Gasteiger charge is -2.30. The maximum absolute atomic E-state index is 11.7. The van der Waals surface area contributed by atoms with Gasteiger partial charge in [-0.05, 0) is 19.1 Å². The van der Waals surface area contributed by atoms with Crippen molar-refractivity contribution in [1.29, 1.82) is 0 Å². The molecule has 1 aliphatic heterocycles. The summed E-state index contributed by atoms with van der Waals surface area (Å²) in [6.07, 6.45) is 3.59. The van der Waals surface area contributed by atoms with Crippen LogP contribution in [-0.4, -0.2) is 12.3 Å². The quantitative estimate of drug-likeness (QED) is 0.544. The summed E-state index contributed by atoms with van der Waals surface area (Å²) in [4.78, 5) is 11.7. The molecule has 0 unspecified atom stereocenters. The number of pyridine rings is 1. The van der Waals surface area contributed by atoms with E-state index < -0.39 is 6.48 Å². The molecule has 2 aromatic carbocycles. The Labute approximate surface area is 147 Å². The lowest BCUT2D eigenvalue weighted by atomic mass is 9.42. The first-order chi connectivity index (χ1) is 12.2. The fraction of sp³-hybridized carbons (Fsp3) is 0.0476. The van der Waals surface area contributed by atoms with Gasteiger partial charge in [0.05, 0.1) is 0 Å². The summed E-state index contributed by atoms with van der Waals surface area (Å²) >= 11 is 0. The zero-order chi connectivity index (χ0) is 17.3. The van der Waals surface area contributed by atoms with Crippen molar-refractivity contribution in [2.24, 2.45) is 0 Å². The van der Waals surface area contributed by atoms with Crippen molar-refractivity contribution < 1.29 is 13.9 Å². The van der Waals surface area contributed by atoms with E-state index in [0.717, 1.165) is 16.6 Å². The van der Waals surface area contributed by atoms with Gasteiger partial charge in [0.1, 0.15) is 12.0 Å². The average Bonchev–Trinajstić information content (AvgIpc) is 2.98. The molecule has 2 heterocycles. The number of allylic oxidation sites excluding steroid dienone is 1. The molecule has 0 saturated carbocycles. The molecule has 0 atom stereocenters. The number of carbonyl (C=O) groups excluding carboxylic acids is 1. The predicted octanol–water partition coefficient (Wildman–Crippen LogP) is 2.04. The van der Waals surface area contributed by atoms with Gasteiger partial charge in [-0.3, -0.25) is 4.79 Å². The number of hydrogen-bond donors (Lipinski definition) is 0. The maximum Gasteiger partial charge on any atom is 0.513 e. The van der Waals surface area contributed by atoms with Crippen LogP contribution in [0.15, 0.2) is 91.1 Å². The lowest BCUT2D eigenvalue weighted by Crippen LogP contribution is -2.77. The van der Waals surface area contributed by atoms with Gasteiger partial charge in [-0.2, -0.15) is 0 Å². The molecule has 0 amide bonds. The Morgan fingerprint density at radius 3 is 2.00 bits per heavy atom. The SMILES string of the molecule is CC(=O)/C=C1\O[B-](c2ccccc2)(c2ccccc2)[n+]2ccccc21. The van der Waals surface area contributed by atoms with Gasteiger partial charge in [0.25, 0.3) is 0 Å². The molecule has 0 bridgehead atoms. The fourth-order valence-electron chi connectivity index (χ4n) is 3.65. The normalized spacial score (nSPS) is 16.3. The minimum Gasteiger partial charge on any atom is -0.647 e. The monoisotopic (exact) mass is 327 g/mol. The van der Waals surface area contributed by atoms with E-state index in [9.17, 15) is 4.79 Å². The Hall–Kier alpha value is -3.14. The van der Waals surface area contributed by atoms with Crippen molar-refractivity contribution in [3.8, 4) is 0 Å². The first-order valence-corrected chi connectivity index (χ1v) is 8.40. The molecule has 0 radical (unpaired) electrons. The van der Waals surface area contributed by atoms with Crippen LogP contribution in [0.1, 0.15) is 12.6 Å². The highest BCUT2D eigenvalue weighted by Crippen LogP contribution is 2.25. The molecule has 0 aliphatic carbocycles. The molecular weight excluding hydrogens is 309 g/mol. The van der Waals surface area contributed by atoms with Crippen molar-refractivity contribution >= 4 is 29.0 Å². The highest BCUT2D eigenvalue weighted by molar-refractivity contribution is 6.91. The van der Waals surface area contributed by atoms with E-state index in [1.165, 1.54) is 0 Å². The second-order valence-electron chi connectivity index (χ2n) is 6.30. The standard InChI is InChI=1S/C21H18BNO2/c1-17(24)16-21-20-14-8-9-15-23(20)22(25-21,18-10-4-2-5-11-18)19-12-6-3-7-13-19/h2-16H,1H3/b21-16-. The number of aromatic nitrogens is 1. The first kappa shape index (κ1) is 15.4. The van der Waals surface area contributed by atoms with Crippen molar-refractivity contribution in [1.82, 2.24) is 0 Å². The lowest BCUT2D eigenvalue weighted by molar-refractivity contribution is -0.546. The van der Waals surface area contributed by atoms with Crippen LogP contribution >= 0.6 is 0 Å². The molecule has 0 fully saturated rings. The van der Waals surface area contributed by atoms with Gasteiger partial charge in [-0.25, -0.2) is 0 Å². The molecule has 0 spiro atoms. The fourth-order valence-corrected chi connectivity index (χ4v) is 3.65. The molecule has 25 heavy (non-hydrogen) atoms. The largest absolute Gasteiger partial charge is 0.647 e. The Kier molecular flexibility index (Phi) is 3.73. The van der Waals surface area contributed by atoms with Crippen LogP contribution in [-0.2, 0) is 9.45 Å². The van der Waals surface area contributed by atoms with Gasteiger partial charge in [0, 0.05) is 12.1 Å². The summed E-state index contributed by atoms with van der Waals surface area (Å²) < 4.78 is 8.72. The minimum atomic E-state index is -1.69. The molecule has 3 aromatic rings. The highest BCUT2D eigenvalue weighted by atomic mass is 16.5. The van der Waals surface area contributed by atoms with E-state index in [2.05, 4.69) is 28.7 Å². The Morgan fingerprint density at radius 2 is 1.44 bits per heavy atom. The van der Waals surface area contributed by atoms with Gasteiger partial charge in [0.15, 0.2) is 11.5 Å². The second kappa shape index (κ2) is 6.06. The summed E-state index contributed by atoms with van der Waals surface area (Å²) in [6, 6.07) is 26.3. The third-order valence-corrected chi connectivity index (χ3v) is 4.67. The van der Waals surface area contributed by atoms with E-state index in [-0.39, 0.29) is 5.78 Å². The second-order valence-corrected chi connectivity index (χ2v) is 6.30. The van der Waals surface area contributed by atoms with Crippen LogP contribution in [0.25, 0.3) is 5.76 Å². The molecule has 4 rings (SSSR count). The third kappa shape index (κ3) is 2.47. The van der Waals surface area contributed by atoms with E-state index in [0.29, 0.717) is 5.76 Å². The number of carbonyl (C=O) groups is 1. The summed E-state index contributed by atoms with van der Waals surface area (Å²) in [7, 11) is 0. The van der Waals surface area contributed by atoms with Gasteiger partial charge in [-0.1, -0.05) is 71.6 Å². The van der Waals surface area contributed by atoms with Gasteiger partial charge in [-0.15, -0.1) is 0 Å². The van der Waals surface area contributed by atoms with Gasteiger partial charge in [0.2, 0.25) is 0 Å². The summed E-state index contributed by atoms with van der Waals surface area (Å²) in [6.45, 7) is -0.147. The summed E-state index contributed by atoms with van der Waals surface area (Å²) in [5.41, 5.74) is 3.04. The Bertz CT molecular complexity index is 912. The van der Waals surface area contributed by atoms with E-state index in [1.807, 2.05) is 60.8 Å². The zero-order valence-corrected chi connectivity index (χ0v) is 14.0. The topological polar surface area (TPSA) is 30.2 Å². The summed E-state index contributed by atoms with van der Waals surface area (Å²) in [5, 5.41) is 0. The Morgan fingerprint density at radius 1 is 0.880 bits per heavy atom. The van der Waals surface area contributed by atoms with Gasteiger partial charge >= 0.3 is 6.48 Å². The highest BCUT2D eigenvalue weighted by Gasteiger charge is 2.51. The molecule has 3 nitrogen and oxygen atoms in total. The first-order valence-electron chi connectivity index (χ1n) is 8.40. The number of rotatable bonds is 3. The number of benzene rings is 2. The third-order valence-electron chi connectivity index (χ3n) is 4.67. The van der Waals surface area contributed by atoms with Crippen LogP contribution in [0.4, 0.5) is 0 Å². The van der Waals surface area contributed by atoms with Crippen molar-refractivity contribution in [3.05, 3.63) is 96.8 Å². The average molecular weight is 327 g/mol.